The summed E-state index contributed by atoms with van der Waals surface area (Å²) >= 11 is 0. The van der Waals surface area contributed by atoms with Crippen LogP contribution in [0.15, 0.2) is 24.3 Å². The zero-order valence-corrected chi connectivity index (χ0v) is 31.3. The quantitative estimate of drug-likeness (QED) is 0.212. The fraction of sp³-hybridized carbons (Fsp3) is 0.548. The number of aliphatic hydroxyl groups is 1. The van der Waals surface area contributed by atoms with Crippen LogP contribution in [0.2, 0.25) is 0 Å². The van der Waals surface area contributed by atoms with Crippen molar-refractivity contribution in [2.24, 2.45) is 5.41 Å². The molecule has 9 rings (SSSR count). The molecule has 2 aromatic carbocycles. The van der Waals surface area contributed by atoms with Gasteiger partial charge in [-0.3, -0.25) is 4.90 Å². The zero-order chi connectivity index (χ0) is 38.1. The van der Waals surface area contributed by atoms with Crippen LogP contribution in [0.1, 0.15) is 70.3 Å². The highest BCUT2D eigenvalue weighted by Gasteiger charge is 2.51. The molecular weight excluding hydrogens is 708 g/mol. The van der Waals surface area contributed by atoms with Crippen molar-refractivity contribution in [2.45, 2.75) is 94.6 Å². The molecule has 6 heterocycles. The van der Waals surface area contributed by atoms with Crippen molar-refractivity contribution in [1.29, 1.82) is 0 Å². The Balaban J connectivity index is 1.16. The number of likely N-dealkylation sites (tertiary alicyclic amines) is 1. The summed E-state index contributed by atoms with van der Waals surface area (Å²) in [6.07, 6.45) is 16.2. The fourth-order valence-electron chi connectivity index (χ4n) is 10.3. The number of benzene rings is 2. The van der Waals surface area contributed by atoms with Gasteiger partial charge >= 0.3 is 6.01 Å². The van der Waals surface area contributed by atoms with Gasteiger partial charge in [0.25, 0.3) is 0 Å². The van der Waals surface area contributed by atoms with Crippen molar-refractivity contribution >= 4 is 27.5 Å². The molecule has 0 amide bonds. The van der Waals surface area contributed by atoms with Crippen LogP contribution in [0.5, 0.6) is 17.6 Å². The maximum atomic E-state index is 17.4. The van der Waals surface area contributed by atoms with Gasteiger partial charge in [-0.25, -0.2) is 13.8 Å². The number of anilines is 1. The van der Waals surface area contributed by atoms with E-state index < -0.39 is 17.2 Å². The number of β-amino-alcohol motifs (C(OH)–C–C–N with tert-alkyl or cyclic N) is 1. The van der Waals surface area contributed by atoms with Crippen LogP contribution in [-0.4, -0.2) is 107 Å². The van der Waals surface area contributed by atoms with Crippen LogP contribution >= 0.6 is 0 Å². The van der Waals surface area contributed by atoms with Gasteiger partial charge in [-0.1, -0.05) is 18.4 Å². The van der Waals surface area contributed by atoms with Gasteiger partial charge in [0.2, 0.25) is 5.88 Å². The van der Waals surface area contributed by atoms with Gasteiger partial charge in [-0.05, 0) is 88.4 Å². The average Bonchev–Trinajstić information content (AvgIpc) is 3.71. The summed E-state index contributed by atoms with van der Waals surface area (Å²) in [4.78, 5) is 18.8. The number of rotatable bonds is 7. The van der Waals surface area contributed by atoms with Gasteiger partial charge in [-0.15, -0.1) is 6.42 Å². The fourth-order valence-corrected chi connectivity index (χ4v) is 10.3. The highest BCUT2D eigenvalue weighted by Crippen LogP contribution is 2.51. The van der Waals surface area contributed by atoms with E-state index in [-0.39, 0.29) is 75.1 Å². The molecule has 13 heteroatoms. The average molecular weight is 756 g/mol. The Bertz CT molecular complexity index is 2180. The molecule has 1 saturated carbocycles. The molecule has 5 aliphatic rings. The Hall–Kier alpha value is -4.35. The molecule has 0 radical (unpaired) electrons. The summed E-state index contributed by atoms with van der Waals surface area (Å²) in [5.41, 5.74) is -1.74. The normalized spacial score (nSPS) is 29.6. The Morgan fingerprint density at radius 2 is 1.84 bits per heavy atom. The summed E-state index contributed by atoms with van der Waals surface area (Å²) < 4.78 is 56.8. The lowest BCUT2D eigenvalue weighted by Crippen LogP contribution is -2.57. The molecule has 11 nitrogen and oxygen atoms in total. The molecule has 5 atom stereocenters. The number of phenolic OH excluding ortho intramolecular Hbond substituents is 1. The number of ether oxygens (including phenoxy) is 4. The smallest absolute Gasteiger partial charge is 0.319 e. The maximum Gasteiger partial charge on any atom is 0.319 e. The van der Waals surface area contributed by atoms with Gasteiger partial charge in [0.1, 0.15) is 39.6 Å². The predicted octanol–water partition coefficient (Wildman–Crippen LogP) is 6.13. The van der Waals surface area contributed by atoms with E-state index in [9.17, 15) is 10.2 Å². The summed E-state index contributed by atoms with van der Waals surface area (Å²) in [7, 11) is 1.41. The highest BCUT2D eigenvalue weighted by atomic mass is 19.1. The monoisotopic (exact) mass is 755 g/mol. The van der Waals surface area contributed by atoms with Crippen molar-refractivity contribution in [1.82, 2.24) is 19.9 Å². The van der Waals surface area contributed by atoms with Gasteiger partial charge in [0.05, 0.1) is 51.2 Å². The third kappa shape index (κ3) is 6.41. The molecule has 2 unspecified atom stereocenters. The molecule has 2 bridgehead atoms. The second-order valence-electron chi connectivity index (χ2n) is 16.4. The molecule has 2 N–H and O–H groups in total. The Kier molecular flexibility index (Phi) is 9.23. The van der Waals surface area contributed by atoms with E-state index in [4.69, 9.17) is 35.3 Å². The number of terminal acetylenes is 1. The Morgan fingerprint density at radius 3 is 2.62 bits per heavy atom. The summed E-state index contributed by atoms with van der Waals surface area (Å²) in [5, 5.41) is 22.7. The lowest BCUT2D eigenvalue weighted by atomic mass is 9.74. The second-order valence-corrected chi connectivity index (χ2v) is 16.4. The van der Waals surface area contributed by atoms with Crippen molar-refractivity contribution < 1.29 is 37.9 Å². The second kappa shape index (κ2) is 14.0. The Morgan fingerprint density at radius 1 is 1.04 bits per heavy atom. The molecular formula is C42H47F2N5O6. The number of halogens is 2. The van der Waals surface area contributed by atoms with Gasteiger partial charge in [0.15, 0.2) is 5.82 Å². The number of piperidine rings is 1. The minimum absolute atomic E-state index is 0.00397. The van der Waals surface area contributed by atoms with Crippen LogP contribution < -0.4 is 14.4 Å². The van der Waals surface area contributed by atoms with E-state index in [1.165, 1.54) is 31.4 Å². The maximum absolute atomic E-state index is 17.4. The molecule has 4 aromatic rings. The van der Waals surface area contributed by atoms with Crippen LogP contribution in [0.3, 0.4) is 0 Å². The number of hydrogen-bond donors (Lipinski definition) is 2. The third-order valence-electron chi connectivity index (χ3n) is 12.7. The zero-order valence-electron chi connectivity index (χ0n) is 31.3. The van der Waals surface area contributed by atoms with Gasteiger partial charge in [0, 0.05) is 35.0 Å². The van der Waals surface area contributed by atoms with Crippen molar-refractivity contribution in [2.75, 3.05) is 51.5 Å². The molecule has 4 aliphatic heterocycles. The lowest BCUT2D eigenvalue weighted by molar-refractivity contribution is -0.0798. The molecule has 55 heavy (non-hydrogen) atoms. The van der Waals surface area contributed by atoms with Gasteiger partial charge < -0.3 is 34.1 Å². The number of pyridine rings is 1. The predicted molar refractivity (Wildman–Crippen MR) is 202 cm³/mol. The minimum atomic E-state index is -1.24. The van der Waals surface area contributed by atoms with E-state index in [0.29, 0.717) is 49.4 Å². The van der Waals surface area contributed by atoms with E-state index in [2.05, 4.69) is 15.8 Å². The molecule has 1 aliphatic carbocycles. The number of aromatic hydroxyl groups is 1. The molecule has 4 saturated heterocycles. The highest BCUT2D eigenvalue weighted by molar-refractivity contribution is 6.04. The van der Waals surface area contributed by atoms with Crippen LogP contribution in [0.25, 0.3) is 32.9 Å². The molecule has 2 aromatic heterocycles. The molecule has 290 valence electrons. The van der Waals surface area contributed by atoms with Crippen LogP contribution in [0, 0.1) is 29.4 Å². The lowest BCUT2D eigenvalue weighted by Gasteiger charge is -2.50. The van der Waals surface area contributed by atoms with E-state index in [1.54, 1.807) is 6.92 Å². The first-order valence-corrected chi connectivity index (χ1v) is 19.5. The SMILES string of the molecule is C#Cc1c(F)ccc2cc(O)cc(-c3nc(OC)c4c(N5CCOC[C@@](C)(O)C5)nc(OC[C@]56CCC[C@H]5N(C5CC7CCC(C5)O7)CCC6)nc4c3F)c12. The number of hydrogen-bond acceptors (Lipinski definition) is 11. The summed E-state index contributed by atoms with van der Waals surface area (Å²) in [6, 6.07) is 6.27. The largest absolute Gasteiger partial charge is 0.508 e. The number of phenols is 1. The van der Waals surface area contributed by atoms with E-state index in [0.717, 1.165) is 64.3 Å². The summed E-state index contributed by atoms with van der Waals surface area (Å²) in [6.45, 7) is 3.98. The van der Waals surface area contributed by atoms with Crippen molar-refractivity contribution in [3.8, 4) is 41.2 Å². The van der Waals surface area contributed by atoms with Crippen molar-refractivity contribution in [3.63, 3.8) is 0 Å². The van der Waals surface area contributed by atoms with Crippen molar-refractivity contribution in [3.05, 3.63) is 41.5 Å². The van der Waals surface area contributed by atoms with E-state index >= 15 is 8.78 Å². The molecule has 5 fully saturated rings. The van der Waals surface area contributed by atoms with Gasteiger partial charge in [-0.2, -0.15) is 9.97 Å². The first-order valence-electron chi connectivity index (χ1n) is 19.5. The standard InChI is InChI=1S/C42H47F2N5O6/c1-4-29-31(43)11-8-24-17-26(50)20-30(33(24)29)36-35(44)37-34(39(45-36)52-3)38(48-15-16-53-22-41(2,51)21-48)47-40(46-37)54-23-42-12-5-7-32(42)49(14-6-13-42)25-18-27-9-10-28(19-25)55-27/h1,8,11,17,20,25,27-28,32,50-51H,5-7,9-10,12-16,18-19,21-23H2,2-3H3/t25?,27?,28?,32-,41+,42-/m1/s1. The Labute approximate surface area is 318 Å². The topological polar surface area (TPSA) is 123 Å². The first-order chi connectivity index (χ1) is 26.6. The number of fused-ring (bicyclic) bond motifs is 5. The minimum Gasteiger partial charge on any atom is -0.508 e. The van der Waals surface area contributed by atoms with Crippen LogP contribution in [0.4, 0.5) is 14.6 Å². The molecule has 0 spiro atoms. The first kappa shape index (κ1) is 36.3. The third-order valence-corrected chi connectivity index (χ3v) is 12.7. The van der Waals surface area contributed by atoms with Crippen LogP contribution in [-0.2, 0) is 9.47 Å². The van der Waals surface area contributed by atoms with E-state index in [1.807, 2.05) is 4.90 Å². The summed E-state index contributed by atoms with van der Waals surface area (Å²) in [5.74, 6) is 0.963. The number of methoxy groups -OCH3 is 1. The number of aromatic nitrogens is 3. The number of nitrogens with zero attached hydrogens (tertiary/aromatic N) is 5.